The van der Waals surface area contributed by atoms with Crippen molar-refractivity contribution in [2.45, 2.75) is 19.8 Å². The van der Waals surface area contributed by atoms with Gasteiger partial charge in [0.05, 0.1) is 13.5 Å². The molecule has 0 radical (unpaired) electrons. The lowest BCUT2D eigenvalue weighted by Crippen LogP contribution is -2.50. The first-order valence-electron chi connectivity index (χ1n) is 7.43. The molecule has 0 unspecified atom stereocenters. The fraction of sp³-hybridized carbons (Fsp3) is 0.500. The van der Waals surface area contributed by atoms with E-state index in [1.54, 1.807) is 15.9 Å². The Kier molecular flexibility index (Phi) is 5.35. The zero-order chi connectivity index (χ0) is 16.1. The standard InChI is InChI=1S/C16H21FN2O3/c1-3-15(20)18-6-8-19(9-7-18)16(21)11-12-4-5-14(22-2)13(17)10-12/h4-5,10H,3,6-9,11H2,1-2H3. The summed E-state index contributed by atoms with van der Waals surface area (Å²) >= 11 is 0. The summed E-state index contributed by atoms with van der Waals surface area (Å²) in [6, 6.07) is 4.54. The summed E-state index contributed by atoms with van der Waals surface area (Å²) in [5.74, 6) is -0.230. The zero-order valence-corrected chi connectivity index (χ0v) is 13.0. The number of carbonyl (C=O) groups excluding carboxylic acids is 2. The maximum absolute atomic E-state index is 13.6. The van der Waals surface area contributed by atoms with E-state index in [0.29, 0.717) is 38.2 Å². The van der Waals surface area contributed by atoms with E-state index in [9.17, 15) is 14.0 Å². The molecule has 1 fully saturated rings. The molecule has 0 bridgehead atoms. The molecular formula is C16H21FN2O3. The lowest BCUT2D eigenvalue weighted by atomic mass is 10.1. The van der Waals surface area contributed by atoms with E-state index in [0.717, 1.165) is 0 Å². The lowest BCUT2D eigenvalue weighted by molar-refractivity contribution is -0.139. The van der Waals surface area contributed by atoms with Gasteiger partial charge in [0.2, 0.25) is 11.8 Å². The van der Waals surface area contributed by atoms with Crippen molar-refractivity contribution in [3.63, 3.8) is 0 Å². The van der Waals surface area contributed by atoms with Gasteiger partial charge < -0.3 is 14.5 Å². The average Bonchev–Trinajstić information content (AvgIpc) is 2.54. The third-order valence-corrected chi connectivity index (χ3v) is 3.86. The highest BCUT2D eigenvalue weighted by molar-refractivity contribution is 5.80. The van der Waals surface area contributed by atoms with Crippen LogP contribution < -0.4 is 4.74 Å². The maximum atomic E-state index is 13.6. The summed E-state index contributed by atoms with van der Waals surface area (Å²) in [6.07, 6.45) is 0.641. The van der Waals surface area contributed by atoms with E-state index < -0.39 is 5.82 Å². The van der Waals surface area contributed by atoms with E-state index in [4.69, 9.17) is 4.74 Å². The number of benzene rings is 1. The third kappa shape index (κ3) is 3.75. The van der Waals surface area contributed by atoms with Crippen molar-refractivity contribution in [2.24, 2.45) is 0 Å². The molecule has 1 aliphatic rings. The van der Waals surface area contributed by atoms with Crippen molar-refractivity contribution in [3.05, 3.63) is 29.6 Å². The molecule has 2 rings (SSSR count). The second-order valence-corrected chi connectivity index (χ2v) is 5.26. The molecule has 2 amide bonds. The number of nitrogens with zero attached hydrogens (tertiary/aromatic N) is 2. The van der Waals surface area contributed by atoms with Crippen molar-refractivity contribution in [3.8, 4) is 5.75 Å². The van der Waals surface area contributed by atoms with Crippen LogP contribution in [0.15, 0.2) is 18.2 Å². The summed E-state index contributed by atoms with van der Waals surface area (Å²) in [6.45, 7) is 4.02. The van der Waals surface area contributed by atoms with Gasteiger partial charge in [0.15, 0.2) is 11.6 Å². The normalized spacial score (nSPS) is 14.9. The number of amides is 2. The van der Waals surface area contributed by atoms with Crippen LogP contribution in [0.2, 0.25) is 0 Å². The molecule has 1 aromatic carbocycles. The van der Waals surface area contributed by atoms with Gasteiger partial charge >= 0.3 is 0 Å². The molecule has 1 aliphatic heterocycles. The topological polar surface area (TPSA) is 49.9 Å². The number of ether oxygens (including phenoxy) is 1. The first kappa shape index (κ1) is 16.3. The van der Waals surface area contributed by atoms with E-state index in [2.05, 4.69) is 0 Å². The molecule has 1 saturated heterocycles. The molecule has 0 saturated carbocycles. The Morgan fingerprint density at radius 3 is 2.23 bits per heavy atom. The molecule has 120 valence electrons. The van der Waals surface area contributed by atoms with Crippen LogP contribution in [0.25, 0.3) is 0 Å². The highest BCUT2D eigenvalue weighted by Gasteiger charge is 2.23. The molecule has 1 heterocycles. The maximum Gasteiger partial charge on any atom is 0.227 e. The van der Waals surface area contributed by atoms with Gasteiger partial charge in [-0.25, -0.2) is 4.39 Å². The molecule has 5 nitrogen and oxygen atoms in total. The van der Waals surface area contributed by atoms with Crippen LogP contribution in [0.3, 0.4) is 0 Å². The molecule has 0 aromatic heterocycles. The molecule has 22 heavy (non-hydrogen) atoms. The molecule has 0 N–H and O–H groups in total. The monoisotopic (exact) mass is 308 g/mol. The lowest BCUT2D eigenvalue weighted by Gasteiger charge is -2.34. The van der Waals surface area contributed by atoms with Gasteiger partial charge in [-0.3, -0.25) is 9.59 Å². The van der Waals surface area contributed by atoms with Gasteiger partial charge in [-0.05, 0) is 17.7 Å². The highest BCUT2D eigenvalue weighted by Crippen LogP contribution is 2.18. The minimum absolute atomic E-state index is 0.0480. The van der Waals surface area contributed by atoms with Gasteiger partial charge in [0.1, 0.15) is 0 Å². The summed E-state index contributed by atoms with van der Waals surface area (Å²) < 4.78 is 18.5. The number of rotatable bonds is 4. The van der Waals surface area contributed by atoms with Crippen LogP contribution in [-0.2, 0) is 16.0 Å². The average molecular weight is 308 g/mol. The SMILES string of the molecule is CCC(=O)N1CCN(C(=O)Cc2ccc(OC)c(F)c2)CC1. The first-order valence-corrected chi connectivity index (χ1v) is 7.43. The highest BCUT2D eigenvalue weighted by atomic mass is 19.1. The van der Waals surface area contributed by atoms with Gasteiger partial charge in [0, 0.05) is 32.6 Å². The van der Waals surface area contributed by atoms with Gasteiger partial charge in [-0.1, -0.05) is 13.0 Å². The minimum Gasteiger partial charge on any atom is -0.494 e. The number of hydrogen-bond acceptors (Lipinski definition) is 3. The molecule has 0 spiro atoms. The smallest absolute Gasteiger partial charge is 0.227 e. The van der Waals surface area contributed by atoms with E-state index >= 15 is 0 Å². The second-order valence-electron chi connectivity index (χ2n) is 5.26. The molecule has 0 aliphatic carbocycles. The molecule has 0 atom stereocenters. The van der Waals surface area contributed by atoms with Crippen molar-refractivity contribution in [1.29, 1.82) is 0 Å². The predicted octanol–water partition coefficient (Wildman–Crippen LogP) is 1.46. The van der Waals surface area contributed by atoms with Crippen molar-refractivity contribution in [1.82, 2.24) is 9.80 Å². The Balaban J connectivity index is 1.91. The number of hydrogen-bond donors (Lipinski definition) is 0. The number of methoxy groups -OCH3 is 1. The third-order valence-electron chi connectivity index (χ3n) is 3.86. The van der Waals surface area contributed by atoms with Gasteiger partial charge in [0.25, 0.3) is 0 Å². The van der Waals surface area contributed by atoms with Gasteiger partial charge in [-0.15, -0.1) is 0 Å². The fourth-order valence-corrected chi connectivity index (χ4v) is 2.54. The Morgan fingerprint density at radius 1 is 1.14 bits per heavy atom. The summed E-state index contributed by atoms with van der Waals surface area (Å²) in [4.78, 5) is 27.3. The van der Waals surface area contributed by atoms with Crippen LogP contribution in [0.1, 0.15) is 18.9 Å². The largest absolute Gasteiger partial charge is 0.494 e. The van der Waals surface area contributed by atoms with Crippen molar-refractivity contribution >= 4 is 11.8 Å². The number of piperazine rings is 1. The molecule has 1 aromatic rings. The second kappa shape index (κ2) is 7.24. The molecule has 6 heteroatoms. The summed E-state index contributed by atoms with van der Waals surface area (Å²) in [5, 5.41) is 0. The van der Waals surface area contributed by atoms with Crippen LogP contribution in [-0.4, -0.2) is 54.9 Å². The Labute approximate surface area is 129 Å². The van der Waals surface area contributed by atoms with E-state index in [1.165, 1.54) is 19.2 Å². The van der Waals surface area contributed by atoms with Gasteiger partial charge in [-0.2, -0.15) is 0 Å². The van der Waals surface area contributed by atoms with Crippen LogP contribution >= 0.6 is 0 Å². The van der Waals surface area contributed by atoms with Crippen LogP contribution in [0.4, 0.5) is 4.39 Å². The molecular weight excluding hydrogens is 287 g/mol. The van der Waals surface area contributed by atoms with Crippen LogP contribution in [0, 0.1) is 5.82 Å². The zero-order valence-electron chi connectivity index (χ0n) is 13.0. The van der Waals surface area contributed by atoms with Crippen molar-refractivity contribution in [2.75, 3.05) is 33.3 Å². The van der Waals surface area contributed by atoms with E-state index in [1.807, 2.05) is 6.92 Å². The predicted molar refractivity (Wildman–Crippen MR) is 80.1 cm³/mol. The first-order chi connectivity index (χ1) is 10.5. The summed E-state index contributed by atoms with van der Waals surface area (Å²) in [7, 11) is 1.40. The van der Waals surface area contributed by atoms with Crippen molar-refractivity contribution < 1.29 is 18.7 Å². The minimum atomic E-state index is -0.467. The fourth-order valence-electron chi connectivity index (χ4n) is 2.54. The Bertz CT molecular complexity index is 554. The Morgan fingerprint density at radius 2 is 1.73 bits per heavy atom. The van der Waals surface area contributed by atoms with Crippen LogP contribution in [0.5, 0.6) is 5.75 Å². The van der Waals surface area contributed by atoms with E-state index in [-0.39, 0.29) is 24.0 Å². The Hall–Kier alpha value is -2.11. The quantitative estimate of drug-likeness (QED) is 0.846. The number of halogens is 1. The summed E-state index contributed by atoms with van der Waals surface area (Å²) in [5.41, 5.74) is 0.621. The number of carbonyl (C=O) groups is 2.